The molecule has 88 valence electrons. The molecule has 0 saturated carbocycles. The van der Waals surface area contributed by atoms with Crippen LogP contribution in [0.4, 0.5) is 0 Å². The predicted molar refractivity (Wildman–Crippen MR) is 87.9 cm³/mol. The van der Waals surface area contributed by atoms with Crippen LogP contribution in [0.3, 0.4) is 0 Å². The SMILES string of the molecule is Ic1cc(-c2ccccc2-c2ccccc2)cs1. The van der Waals surface area contributed by atoms with Crippen LogP contribution >= 0.6 is 33.9 Å². The second-order valence-corrected chi connectivity index (χ2v) is 6.86. The maximum Gasteiger partial charge on any atom is 0.0659 e. The van der Waals surface area contributed by atoms with E-state index in [1.807, 2.05) is 0 Å². The van der Waals surface area contributed by atoms with Gasteiger partial charge in [-0.15, -0.1) is 11.3 Å². The molecule has 0 radical (unpaired) electrons. The zero-order valence-electron chi connectivity index (χ0n) is 9.64. The van der Waals surface area contributed by atoms with E-state index in [0.29, 0.717) is 0 Å². The van der Waals surface area contributed by atoms with Crippen molar-refractivity contribution in [2.75, 3.05) is 0 Å². The van der Waals surface area contributed by atoms with Crippen molar-refractivity contribution in [1.29, 1.82) is 0 Å². The summed E-state index contributed by atoms with van der Waals surface area (Å²) >= 11 is 4.16. The second-order valence-electron chi connectivity index (χ2n) is 4.05. The van der Waals surface area contributed by atoms with Gasteiger partial charge in [-0.05, 0) is 56.3 Å². The number of hydrogen-bond donors (Lipinski definition) is 0. The van der Waals surface area contributed by atoms with E-state index in [1.54, 1.807) is 11.3 Å². The summed E-state index contributed by atoms with van der Waals surface area (Å²) in [4.78, 5) is 0. The van der Waals surface area contributed by atoms with Gasteiger partial charge in [-0.3, -0.25) is 0 Å². The molecule has 0 bridgehead atoms. The maximum absolute atomic E-state index is 2.37. The standard InChI is InChI=1S/C16H11IS/c17-16-10-13(11-18-16)15-9-5-4-8-14(15)12-6-2-1-3-7-12/h1-11H. The van der Waals surface area contributed by atoms with Crippen molar-refractivity contribution < 1.29 is 0 Å². The molecule has 0 N–H and O–H groups in total. The normalized spacial score (nSPS) is 10.5. The van der Waals surface area contributed by atoms with Crippen LogP contribution in [0.1, 0.15) is 0 Å². The van der Waals surface area contributed by atoms with Gasteiger partial charge in [0.25, 0.3) is 0 Å². The summed E-state index contributed by atoms with van der Waals surface area (Å²) in [6.45, 7) is 0. The molecule has 0 fully saturated rings. The van der Waals surface area contributed by atoms with Gasteiger partial charge in [-0.25, -0.2) is 0 Å². The Bertz CT molecular complexity index is 656. The van der Waals surface area contributed by atoms with Crippen LogP contribution in [0, 0.1) is 2.88 Å². The molecule has 3 rings (SSSR count). The van der Waals surface area contributed by atoms with Crippen molar-refractivity contribution in [3.63, 3.8) is 0 Å². The highest BCUT2D eigenvalue weighted by Crippen LogP contribution is 2.34. The molecule has 0 unspecified atom stereocenters. The lowest BCUT2D eigenvalue weighted by molar-refractivity contribution is 1.60. The third kappa shape index (κ3) is 2.35. The Morgan fingerprint density at radius 2 is 1.33 bits per heavy atom. The highest BCUT2D eigenvalue weighted by atomic mass is 127. The number of thiophene rings is 1. The molecule has 2 heteroatoms. The minimum Gasteiger partial charge on any atom is -0.137 e. The lowest BCUT2D eigenvalue weighted by atomic mass is 9.96. The molecule has 2 aromatic carbocycles. The lowest BCUT2D eigenvalue weighted by Gasteiger charge is -2.08. The second kappa shape index (κ2) is 5.24. The van der Waals surface area contributed by atoms with Crippen molar-refractivity contribution >= 4 is 33.9 Å². The molecular weight excluding hydrogens is 351 g/mol. The fourth-order valence-corrected chi connectivity index (χ4v) is 3.40. The monoisotopic (exact) mass is 362 g/mol. The van der Waals surface area contributed by atoms with Crippen LogP contribution in [-0.2, 0) is 0 Å². The molecule has 0 nitrogen and oxygen atoms in total. The first-order valence-electron chi connectivity index (χ1n) is 5.73. The molecular formula is C16H11IS. The largest absolute Gasteiger partial charge is 0.137 e. The quantitative estimate of drug-likeness (QED) is 0.514. The maximum atomic E-state index is 2.37. The summed E-state index contributed by atoms with van der Waals surface area (Å²) in [7, 11) is 0. The predicted octanol–water partition coefficient (Wildman–Crippen LogP) is 5.69. The zero-order chi connectivity index (χ0) is 12.4. The van der Waals surface area contributed by atoms with Crippen molar-refractivity contribution in [2.24, 2.45) is 0 Å². The van der Waals surface area contributed by atoms with E-state index in [0.717, 1.165) is 0 Å². The summed E-state index contributed by atoms with van der Waals surface area (Å²) in [5.41, 5.74) is 5.19. The van der Waals surface area contributed by atoms with Gasteiger partial charge in [-0.2, -0.15) is 0 Å². The fourth-order valence-electron chi connectivity index (χ4n) is 2.06. The van der Waals surface area contributed by atoms with E-state index in [1.165, 1.54) is 25.1 Å². The first-order chi connectivity index (χ1) is 8.84. The van der Waals surface area contributed by atoms with E-state index >= 15 is 0 Å². The summed E-state index contributed by atoms with van der Waals surface area (Å²) in [6, 6.07) is 21.4. The van der Waals surface area contributed by atoms with Crippen LogP contribution in [0.15, 0.2) is 66.0 Å². The first kappa shape index (κ1) is 11.9. The Kier molecular flexibility index (Phi) is 3.48. The molecule has 1 aromatic heterocycles. The Labute approximate surface area is 124 Å². The number of rotatable bonds is 2. The highest BCUT2D eigenvalue weighted by Gasteiger charge is 2.07. The Morgan fingerprint density at radius 3 is 1.94 bits per heavy atom. The molecule has 3 aromatic rings. The summed E-state index contributed by atoms with van der Waals surface area (Å²) < 4.78 is 1.32. The van der Waals surface area contributed by atoms with Crippen LogP contribution in [-0.4, -0.2) is 0 Å². The van der Waals surface area contributed by atoms with Crippen molar-refractivity contribution in [2.45, 2.75) is 0 Å². The van der Waals surface area contributed by atoms with Gasteiger partial charge in [0.2, 0.25) is 0 Å². The minimum atomic E-state index is 1.27. The van der Waals surface area contributed by atoms with E-state index in [4.69, 9.17) is 0 Å². The Balaban J connectivity index is 2.17. The number of benzene rings is 2. The fraction of sp³-hybridized carbons (Fsp3) is 0. The molecule has 0 aliphatic rings. The van der Waals surface area contributed by atoms with Gasteiger partial charge < -0.3 is 0 Å². The molecule has 0 saturated heterocycles. The topological polar surface area (TPSA) is 0 Å². The average molecular weight is 362 g/mol. The molecule has 0 aliphatic heterocycles. The summed E-state index contributed by atoms with van der Waals surface area (Å²) in [6.07, 6.45) is 0. The molecule has 1 heterocycles. The molecule has 0 spiro atoms. The summed E-state index contributed by atoms with van der Waals surface area (Å²) in [5, 5.41) is 2.23. The van der Waals surface area contributed by atoms with Gasteiger partial charge in [0, 0.05) is 0 Å². The van der Waals surface area contributed by atoms with Crippen LogP contribution in [0.5, 0.6) is 0 Å². The first-order valence-corrected chi connectivity index (χ1v) is 7.69. The number of halogens is 1. The van der Waals surface area contributed by atoms with Gasteiger partial charge in [0.1, 0.15) is 0 Å². The third-order valence-corrected chi connectivity index (χ3v) is 4.68. The van der Waals surface area contributed by atoms with Crippen LogP contribution in [0.25, 0.3) is 22.3 Å². The van der Waals surface area contributed by atoms with Gasteiger partial charge >= 0.3 is 0 Å². The van der Waals surface area contributed by atoms with Crippen LogP contribution < -0.4 is 0 Å². The molecule has 18 heavy (non-hydrogen) atoms. The highest BCUT2D eigenvalue weighted by molar-refractivity contribution is 14.1. The van der Waals surface area contributed by atoms with Gasteiger partial charge in [0.15, 0.2) is 0 Å². The van der Waals surface area contributed by atoms with Crippen molar-refractivity contribution in [3.8, 4) is 22.3 Å². The molecule has 0 amide bonds. The van der Waals surface area contributed by atoms with Crippen LogP contribution in [0.2, 0.25) is 0 Å². The molecule has 0 aliphatic carbocycles. The Hall–Kier alpha value is -1.13. The van der Waals surface area contributed by atoms with Gasteiger partial charge in [0.05, 0.1) is 2.88 Å². The van der Waals surface area contributed by atoms with E-state index < -0.39 is 0 Å². The summed E-state index contributed by atoms with van der Waals surface area (Å²) in [5.74, 6) is 0. The van der Waals surface area contributed by atoms with E-state index in [9.17, 15) is 0 Å². The van der Waals surface area contributed by atoms with E-state index in [2.05, 4.69) is 88.6 Å². The van der Waals surface area contributed by atoms with Crippen molar-refractivity contribution in [3.05, 3.63) is 68.9 Å². The lowest BCUT2D eigenvalue weighted by Crippen LogP contribution is -1.82. The van der Waals surface area contributed by atoms with Crippen molar-refractivity contribution in [1.82, 2.24) is 0 Å². The average Bonchev–Trinajstić information content (AvgIpc) is 2.86. The zero-order valence-corrected chi connectivity index (χ0v) is 12.6. The van der Waals surface area contributed by atoms with E-state index in [-0.39, 0.29) is 0 Å². The minimum absolute atomic E-state index is 1.27. The smallest absolute Gasteiger partial charge is 0.0659 e. The molecule has 0 atom stereocenters. The third-order valence-electron chi connectivity index (χ3n) is 2.89. The Morgan fingerprint density at radius 1 is 0.722 bits per heavy atom. The number of hydrogen-bond acceptors (Lipinski definition) is 1. The van der Waals surface area contributed by atoms with Gasteiger partial charge in [-0.1, -0.05) is 54.6 Å².